The van der Waals surface area contributed by atoms with Crippen LogP contribution in [0.1, 0.15) is 46.0 Å². The fourth-order valence-corrected chi connectivity index (χ4v) is 3.44. The second-order valence-electron chi connectivity index (χ2n) is 6.77. The molecule has 1 unspecified atom stereocenters. The van der Waals surface area contributed by atoms with E-state index in [0.29, 0.717) is 18.2 Å². The van der Waals surface area contributed by atoms with Crippen LogP contribution in [0.25, 0.3) is 0 Å². The van der Waals surface area contributed by atoms with Crippen molar-refractivity contribution in [2.45, 2.75) is 64.1 Å². The minimum absolute atomic E-state index is 0.443. The van der Waals surface area contributed by atoms with E-state index in [1.54, 1.807) is 0 Å². The van der Waals surface area contributed by atoms with Crippen molar-refractivity contribution in [1.29, 1.82) is 0 Å². The second-order valence-corrected chi connectivity index (χ2v) is 6.77. The van der Waals surface area contributed by atoms with Crippen LogP contribution in [0.3, 0.4) is 0 Å². The molecule has 1 saturated heterocycles. The van der Waals surface area contributed by atoms with Gasteiger partial charge in [0.2, 0.25) is 0 Å². The molecule has 2 aliphatic rings. The first-order valence-corrected chi connectivity index (χ1v) is 8.48. The molecular weight excluding hydrogens is 260 g/mol. The summed E-state index contributed by atoms with van der Waals surface area (Å²) in [5.41, 5.74) is 1.21. The highest BCUT2D eigenvalue weighted by molar-refractivity contribution is 5.47. The lowest BCUT2D eigenvalue weighted by Crippen LogP contribution is -2.31. The van der Waals surface area contributed by atoms with Crippen LogP contribution in [0.4, 0.5) is 5.69 Å². The zero-order valence-corrected chi connectivity index (χ0v) is 13.3. The maximum absolute atomic E-state index is 6.01. The van der Waals surface area contributed by atoms with Crippen LogP contribution in [-0.2, 0) is 0 Å². The number of anilines is 1. The number of hydrogen-bond donors (Lipinski definition) is 1. The third kappa shape index (κ3) is 3.91. The maximum Gasteiger partial charge on any atom is 0.119 e. The zero-order chi connectivity index (χ0) is 14.7. The van der Waals surface area contributed by atoms with Crippen molar-refractivity contribution in [1.82, 2.24) is 4.90 Å². The van der Waals surface area contributed by atoms with Crippen molar-refractivity contribution in [2.75, 3.05) is 18.4 Å². The number of nitrogens with zero attached hydrogens (tertiary/aromatic N) is 1. The first-order chi connectivity index (χ1) is 10.2. The van der Waals surface area contributed by atoms with E-state index in [1.165, 1.54) is 44.3 Å². The van der Waals surface area contributed by atoms with E-state index < -0.39 is 0 Å². The topological polar surface area (TPSA) is 24.5 Å². The summed E-state index contributed by atoms with van der Waals surface area (Å²) in [6, 6.07) is 9.75. The predicted molar refractivity (Wildman–Crippen MR) is 88.1 cm³/mol. The molecule has 1 N–H and O–H groups in total. The molecule has 1 atom stereocenters. The first kappa shape index (κ1) is 14.7. The molecule has 3 rings (SSSR count). The molecule has 1 saturated carbocycles. The Labute approximate surface area is 128 Å². The van der Waals surface area contributed by atoms with Gasteiger partial charge in [-0.15, -0.1) is 0 Å². The van der Waals surface area contributed by atoms with E-state index in [2.05, 4.69) is 48.3 Å². The highest BCUT2D eigenvalue weighted by Crippen LogP contribution is 2.25. The molecule has 1 heterocycles. The van der Waals surface area contributed by atoms with E-state index in [1.807, 2.05) is 0 Å². The Hall–Kier alpha value is -1.22. The minimum Gasteiger partial charge on any atom is -0.490 e. The third-order valence-electron chi connectivity index (χ3n) is 4.78. The molecule has 0 bridgehead atoms. The van der Waals surface area contributed by atoms with Crippen molar-refractivity contribution in [3.05, 3.63) is 24.3 Å². The molecule has 0 aromatic heterocycles. The third-order valence-corrected chi connectivity index (χ3v) is 4.78. The maximum atomic E-state index is 6.01. The van der Waals surface area contributed by atoms with Crippen LogP contribution in [0.2, 0.25) is 0 Å². The van der Waals surface area contributed by atoms with Crippen LogP contribution in [0.15, 0.2) is 24.3 Å². The highest BCUT2D eigenvalue weighted by Gasteiger charge is 2.23. The predicted octanol–water partition coefficient (Wildman–Crippen LogP) is 3.90. The fraction of sp³-hybridized carbons (Fsp3) is 0.667. The van der Waals surface area contributed by atoms with Gasteiger partial charge in [0.05, 0.1) is 6.10 Å². The van der Waals surface area contributed by atoms with E-state index >= 15 is 0 Å². The zero-order valence-electron chi connectivity index (χ0n) is 13.3. The number of likely N-dealkylation sites (tertiary alicyclic amines) is 1. The van der Waals surface area contributed by atoms with Gasteiger partial charge >= 0.3 is 0 Å². The number of nitrogens with one attached hydrogen (secondary N) is 1. The summed E-state index contributed by atoms with van der Waals surface area (Å²) in [7, 11) is 0. The monoisotopic (exact) mass is 288 g/mol. The Balaban J connectivity index is 1.50. The van der Waals surface area contributed by atoms with E-state index in [4.69, 9.17) is 4.74 Å². The van der Waals surface area contributed by atoms with Crippen molar-refractivity contribution < 1.29 is 4.74 Å². The summed E-state index contributed by atoms with van der Waals surface area (Å²) in [5, 5.41) is 3.65. The minimum atomic E-state index is 0.443. The van der Waals surface area contributed by atoms with Crippen molar-refractivity contribution >= 4 is 5.69 Å². The summed E-state index contributed by atoms with van der Waals surface area (Å²) in [6.45, 7) is 6.91. The largest absolute Gasteiger partial charge is 0.490 e. The van der Waals surface area contributed by atoms with Crippen molar-refractivity contribution in [3.8, 4) is 5.75 Å². The number of hydrogen-bond acceptors (Lipinski definition) is 3. The summed E-state index contributed by atoms with van der Waals surface area (Å²) >= 11 is 0. The van der Waals surface area contributed by atoms with Crippen LogP contribution >= 0.6 is 0 Å². The molecule has 2 fully saturated rings. The average molecular weight is 288 g/mol. The summed E-state index contributed by atoms with van der Waals surface area (Å²) in [6.07, 6.45) is 6.74. The molecule has 21 heavy (non-hydrogen) atoms. The van der Waals surface area contributed by atoms with E-state index in [9.17, 15) is 0 Å². The molecule has 0 radical (unpaired) electrons. The van der Waals surface area contributed by atoms with Gasteiger partial charge in [-0.3, -0.25) is 4.90 Å². The van der Waals surface area contributed by atoms with Gasteiger partial charge in [-0.1, -0.05) is 0 Å². The molecule has 116 valence electrons. The van der Waals surface area contributed by atoms with E-state index in [0.717, 1.165) is 12.3 Å². The van der Waals surface area contributed by atoms with Gasteiger partial charge in [0.15, 0.2) is 0 Å². The van der Waals surface area contributed by atoms with Gasteiger partial charge in [0.1, 0.15) is 5.75 Å². The number of ether oxygens (including phenoxy) is 1. The molecule has 1 aromatic carbocycles. The highest BCUT2D eigenvalue weighted by atomic mass is 16.5. The lowest BCUT2D eigenvalue weighted by atomic mass is 10.2. The lowest BCUT2D eigenvalue weighted by molar-refractivity contribution is 0.210. The molecule has 0 amide bonds. The summed E-state index contributed by atoms with van der Waals surface area (Å²) in [5.74, 6) is 1.02. The van der Waals surface area contributed by atoms with Gasteiger partial charge in [-0.2, -0.15) is 0 Å². The normalized spacial score (nSPS) is 23.9. The van der Waals surface area contributed by atoms with Gasteiger partial charge in [0.25, 0.3) is 0 Å². The Morgan fingerprint density at radius 3 is 2.43 bits per heavy atom. The van der Waals surface area contributed by atoms with Gasteiger partial charge < -0.3 is 10.1 Å². The average Bonchev–Trinajstić information content (AvgIpc) is 3.12. The molecule has 0 spiro atoms. The fourth-order valence-electron chi connectivity index (χ4n) is 3.44. The van der Waals surface area contributed by atoms with Crippen LogP contribution in [-0.4, -0.2) is 36.2 Å². The SMILES string of the molecule is CC(C)N1CCC(Nc2ccc(OC3CCCC3)cc2)C1. The Kier molecular flexibility index (Phi) is 4.69. The van der Waals surface area contributed by atoms with Gasteiger partial charge in [0, 0.05) is 30.9 Å². The molecule has 1 aromatic rings. The van der Waals surface area contributed by atoms with Gasteiger partial charge in [-0.05, 0) is 70.2 Å². The number of rotatable bonds is 5. The number of benzene rings is 1. The quantitative estimate of drug-likeness (QED) is 0.889. The Morgan fingerprint density at radius 2 is 1.81 bits per heavy atom. The van der Waals surface area contributed by atoms with E-state index in [-0.39, 0.29) is 0 Å². The smallest absolute Gasteiger partial charge is 0.119 e. The molecular formula is C18H28N2O. The Bertz CT molecular complexity index is 437. The Morgan fingerprint density at radius 1 is 1.10 bits per heavy atom. The van der Waals surface area contributed by atoms with Crippen molar-refractivity contribution in [3.63, 3.8) is 0 Å². The summed E-state index contributed by atoms with van der Waals surface area (Å²) < 4.78 is 6.01. The standard InChI is InChI=1S/C18H28N2O/c1-14(2)20-12-11-16(13-20)19-15-7-9-18(10-8-15)21-17-5-3-4-6-17/h7-10,14,16-17,19H,3-6,11-13H2,1-2H3. The molecule has 1 aliphatic carbocycles. The summed E-state index contributed by atoms with van der Waals surface area (Å²) in [4.78, 5) is 2.54. The second kappa shape index (κ2) is 6.69. The lowest BCUT2D eigenvalue weighted by Gasteiger charge is -2.21. The molecule has 1 aliphatic heterocycles. The first-order valence-electron chi connectivity index (χ1n) is 8.48. The van der Waals surface area contributed by atoms with Crippen LogP contribution in [0.5, 0.6) is 5.75 Å². The molecule has 3 heteroatoms. The van der Waals surface area contributed by atoms with Gasteiger partial charge in [-0.25, -0.2) is 0 Å². The van der Waals surface area contributed by atoms with Crippen LogP contribution < -0.4 is 10.1 Å². The molecule has 3 nitrogen and oxygen atoms in total. The van der Waals surface area contributed by atoms with Crippen molar-refractivity contribution in [2.24, 2.45) is 0 Å². The van der Waals surface area contributed by atoms with Crippen LogP contribution in [0, 0.1) is 0 Å².